The second kappa shape index (κ2) is 8.44. The summed E-state index contributed by atoms with van der Waals surface area (Å²) in [7, 11) is -3.30. The Morgan fingerprint density at radius 3 is 2.87 bits per heavy atom. The van der Waals surface area contributed by atoms with Crippen LogP contribution in [0.15, 0.2) is 24.3 Å². The van der Waals surface area contributed by atoms with Crippen LogP contribution in [0.5, 0.6) is 0 Å². The number of halogens is 1. The molecule has 2 aliphatic rings. The van der Waals surface area contributed by atoms with Gasteiger partial charge in [0.05, 0.1) is 11.9 Å². The van der Waals surface area contributed by atoms with Gasteiger partial charge in [-0.15, -0.1) is 12.4 Å². The van der Waals surface area contributed by atoms with Gasteiger partial charge in [-0.25, -0.2) is 13.1 Å². The van der Waals surface area contributed by atoms with E-state index in [-0.39, 0.29) is 30.3 Å². The van der Waals surface area contributed by atoms with E-state index in [9.17, 15) is 8.42 Å². The molecule has 0 spiro atoms. The first-order valence-electron chi connectivity index (χ1n) is 8.04. The molecule has 2 atom stereocenters. The zero-order chi connectivity index (χ0) is 15.4. The zero-order valence-corrected chi connectivity index (χ0v) is 14.8. The number of ether oxygens (including phenoxy) is 1. The van der Waals surface area contributed by atoms with Crippen molar-refractivity contribution in [3.05, 3.63) is 35.4 Å². The van der Waals surface area contributed by atoms with E-state index in [0.29, 0.717) is 13.2 Å². The summed E-state index contributed by atoms with van der Waals surface area (Å²) in [5.74, 6) is 0.0708. The molecule has 0 saturated carbocycles. The average molecular weight is 361 g/mol. The van der Waals surface area contributed by atoms with Crippen LogP contribution in [0.4, 0.5) is 0 Å². The first-order valence-corrected chi connectivity index (χ1v) is 9.69. The molecule has 2 heterocycles. The lowest BCUT2D eigenvalue weighted by atomic mass is 9.95. The highest BCUT2D eigenvalue weighted by Gasteiger charge is 2.24. The molecule has 0 bridgehead atoms. The van der Waals surface area contributed by atoms with E-state index in [1.807, 2.05) is 12.1 Å². The van der Waals surface area contributed by atoms with Crippen LogP contribution in [0.2, 0.25) is 0 Å². The standard InChI is InChI=1S/C16H24N2O3S.ClH/c19-22(20,12-14-6-3-4-10-21-14)18-11-16-15-7-2-1-5-13(15)8-9-17-16;/h1-2,5,7,14,16-18H,3-4,6,8-12H2;1H. The molecule has 0 radical (unpaired) electrons. The third-order valence-electron chi connectivity index (χ3n) is 4.40. The summed E-state index contributed by atoms with van der Waals surface area (Å²) in [5.41, 5.74) is 2.51. The summed E-state index contributed by atoms with van der Waals surface area (Å²) >= 11 is 0. The van der Waals surface area contributed by atoms with Gasteiger partial charge in [-0.1, -0.05) is 24.3 Å². The molecule has 130 valence electrons. The maximum atomic E-state index is 12.2. The maximum absolute atomic E-state index is 12.2. The second-order valence-corrected chi connectivity index (χ2v) is 7.93. The lowest BCUT2D eigenvalue weighted by Crippen LogP contribution is -2.41. The normalized spacial score (nSPS) is 24.5. The minimum atomic E-state index is -3.30. The Morgan fingerprint density at radius 1 is 1.26 bits per heavy atom. The third kappa shape index (κ3) is 5.16. The van der Waals surface area contributed by atoms with E-state index in [1.165, 1.54) is 11.1 Å². The molecule has 2 N–H and O–H groups in total. The molecule has 1 saturated heterocycles. The minimum absolute atomic E-state index is 0. The highest BCUT2D eigenvalue weighted by atomic mass is 35.5. The monoisotopic (exact) mass is 360 g/mol. The van der Waals surface area contributed by atoms with Gasteiger partial charge in [0, 0.05) is 19.2 Å². The van der Waals surface area contributed by atoms with E-state index in [4.69, 9.17) is 4.74 Å². The Morgan fingerprint density at radius 2 is 2.09 bits per heavy atom. The van der Waals surface area contributed by atoms with Crippen LogP contribution in [0.25, 0.3) is 0 Å². The molecule has 5 nitrogen and oxygen atoms in total. The van der Waals surface area contributed by atoms with Gasteiger partial charge < -0.3 is 10.1 Å². The first kappa shape index (κ1) is 18.7. The Hall–Kier alpha value is -0.660. The van der Waals surface area contributed by atoms with Crippen molar-refractivity contribution in [2.24, 2.45) is 0 Å². The summed E-state index contributed by atoms with van der Waals surface area (Å²) in [6, 6.07) is 8.28. The van der Waals surface area contributed by atoms with Crippen LogP contribution >= 0.6 is 12.4 Å². The summed E-state index contributed by atoms with van der Waals surface area (Å²) in [6.45, 7) is 1.96. The molecule has 23 heavy (non-hydrogen) atoms. The topological polar surface area (TPSA) is 67.4 Å². The van der Waals surface area contributed by atoms with E-state index in [0.717, 1.165) is 32.2 Å². The van der Waals surface area contributed by atoms with Crippen LogP contribution in [-0.4, -0.2) is 40.0 Å². The third-order valence-corrected chi connectivity index (χ3v) is 5.82. The number of rotatable bonds is 5. The summed E-state index contributed by atoms with van der Waals surface area (Å²) in [5, 5.41) is 3.39. The number of fused-ring (bicyclic) bond motifs is 1. The van der Waals surface area contributed by atoms with Crippen molar-refractivity contribution in [2.75, 3.05) is 25.4 Å². The Bertz CT molecular complexity index is 603. The lowest BCUT2D eigenvalue weighted by molar-refractivity contribution is 0.0304. The molecular weight excluding hydrogens is 336 g/mol. The Labute approximate surface area is 144 Å². The van der Waals surface area contributed by atoms with Gasteiger partial charge in [0.25, 0.3) is 0 Å². The molecule has 2 unspecified atom stereocenters. The molecule has 0 aliphatic carbocycles. The van der Waals surface area contributed by atoms with Crippen LogP contribution in [0.1, 0.15) is 36.4 Å². The Balaban J connectivity index is 0.00000192. The van der Waals surface area contributed by atoms with Crippen LogP contribution in [0.3, 0.4) is 0 Å². The Kier molecular flexibility index (Phi) is 6.85. The van der Waals surface area contributed by atoms with Crippen molar-refractivity contribution >= 4 is 22.4 Å². The number of hydrogen-bond donors (Lipinski definition) is 2. The van der Waals surface area contributed by atoms with Crippen molar-refractivity contribution in [3.8, 4) is 0 Å². The van der Waals surface area contributed by atoms with E-state index in [1.54, 1.807) is 0 Å². The van der Waals surface area contributed by atoms with Gasteiger partial charge in [0.1, 0.15) is 0 Å². The fourth-order valence-corrected chi connectivity index (χ4v) is 4.52. The molecule has 0 aromatic heterocycles. The molecule has 2 aliphatic heterocycles. The predicted octanol–water partition coefficient (Wildman–Crippen LogP) is 1.78. The summed E-state index contributed by atoms with van der Waals surface area (Å²) < 4.78 is 32.7. The SMILES string of the molecule is Cl.O=S(=O)(CC1CCCCO1)NCC1NCCc2ccccc21. The van der Waals surface area contributed by atoms with Crippen molar-refractivity contribution in [1.29, 1.82) is 0 Å². The highest BCUT2D eigenvalue weighted by Crippen LogP contribution is 2.22. The molecular formula is C16H25ClN2O3S. The maximum Gasteiger partial charge on any atom is 0.214 e. The average Bonchev–Trinajstić information content (AvgIpc) is 2.53. The van der Waals surface area contributed by atoms with E-state index in [2.05, 4.69) is 22.2 Å². The van der Waals surface area contributed by atoms with Gasteiger partial charge >= 0.3 is 0 Å². The van der Waals surface area contributed by atoms with Crippen molar-refractivity contribution in [3.63, 3.8) is 0 Å². The molecule has 1 fully saturated rings. The molecule has 3 rings (SSSR count). The first-order chi connectivity index (χ1) is 10.6. The van der Waals surface area contributed by atoms with Gasteiger partial charge in [-0.2, -0.15) is 0 Å². The highest BCUT2D eigenvalue weighted by molar-refractivity contribution is 7.89. The van der Waals surface area contributed by atoms with Gasteiger partial charge in [0.15, 0.2) is 0 Å². The van der Waals surface area contributed by atoms with Crippen molar-refractivity contribution < 1.29 is 13.2 Å². The lowest BCUT2D eigenvalue weighted by Gasteiger charge is -2.27. The molecule has 0 amide bonds. The fraction of sp³-hybridized carbons (Fsp3) is 0.625. The fourth-order valence-electron chi connectivity index (χ4n) is 3.23. The van der Waals surface area contributed by atoms with E-state index >= 15 is 0 Å². The molecule has 1 aromatic carbocycles. The van der Waals surface area contributed by atoms with Gasteiger partial charge in [-0.05, 0) is 43.4 Å². The molecule has 1 aromatic rings. The zero-order valence-electron chi connectivity index (χ0n) is 13.2. The number of sulfonamides is 1. The summed E-state index contributed by atoms with van der Waals surface area (Å²) in [4.78, 5) is 0. The number of benzene rings is 1. The van der Waals surface area contributed by atoms with Crippen molar-refractivity contribution in [1.82, 2.24) is 10.0 Å². The minimum Gasteiger partial charge on any atom is -0.377 e. The summed E-state index contributed by atoms with van der Waals surface area (Å²) in [6.07, 6.45) is 3.77. The van der Waals surface area contributed by atoms with Crippen LogP contribution in [-0.2, 0) is 21.2 Å². The van der Waals surface area contributed by atoms with Crippen molar-refractivity contribution in [2.45, 2.75) is 37.8 Å². The van der Waals surface area contributed by atoms with Crippen LogP contribution < -0.4 is 10.0 Å². The molecule has 7 heteroatoms. The van der Waals surface area contributed by atoms with Crippen LogP contribution in [0, 0.1) is 0 Å². The second-order valence-electron chi connectivity index (χ2n) is 6.07. The smallest absolute Gasteiger partial charge is 0.214 e. The van der Waals surface area contributed by atoms with Gasteiger partial charge in [0.2, 0.25) is 10.0 Å². The van der Waals surface area contributed by atoms with Gasteiger partial charge in [-0.3, -0.25) is 0 Å². The predicted molar refractivity (Wildman–Crippen MR) is 93.5 cm³/mol. The largest absolute Gasteiger partial charge is 0.377 e. The van der Waals surface area contributed by atoms with E-state index < -0.39 is 10.0 Å². The quantitative estimate of drug-likeness (QED) is 0.840. The number of hydrogen-bond acceptors (Lipinski definition) is 4. The number of nitrogens with one attached hydrogen (secondary N) is 2.